The van der Waals surface area contributed by atoms with Crippen LogP contribution in [-0.2, 0) is 6.42 Å². The molecule has 2 aromatic carbocycles. The lowest BCUT2D eigenvalue weighted by Gasteiger charge is -2.15. The van der Waals surface area contributed by atoms with E-state index in [0.717, 1.165) is 16.8 Å². The zero-order valence-electron chi connectivity index (χ0n) is 13.8. The zero-order valence-corrected chi connectivity index (χ0v) is 13.8. The molecule has 0 aliphatic rings. The van der Waals surface area contributed by atoms with E-state index in [2.05, 4.69) is 10.3 Å². The van der Waals surface area contributed by atoms with Crippen LogP contribution in [0.4, 0.5) is 8.78 Å². The van der Waals surface area contributed by atoms with E-state index in [1.807, 2.05) is 31.2 Å². The third-order valence-corrected chi connectivity index (χ3v) is 4.14. The van der Waals surface area contributed by atoms with Gasteiger partial charge in [-0.25, -0.2) is 8.78 Å². The third-order valence-electron chi connectivity index (χ3n) is 4.14. The van der Waals surface area contributed by atoms with Crippen molar-refractivity contribution in [2.45, 2.75) is 25.8 Å². The van der Waals surface area contributed by atoms with E-state index in [1.165, 1.54) is 6.07 Å². The Kier molecular flexibility index (Phi) is 5.03. The summed E-state index contributed by atoms with van der Waals surface area (Å²) in [6, 6.07) is 11.3. The van der Waals surface area contributed by atoms with Gasteiger partial charge in [-0.2, -0.15) is 0 Å². The number of pyridine rings is 1. The molecule has 0 spiro atoms. The van der Waals surface area contributed by atoms with E-state index in [0.29, 0.717) is 24.0 Å². The minimum absolute atomic E-state index is 0.111. The Morgan fingerprint density at radius 1 is 1.12 bits per heavy atom. The molecule has 1 unspecified atom stereocenters. The van der Waals surface area contributed by atoms with Crippen molar-refractivity contribution in [2.75, 3.05) is 0 Å². The normalized spacial score (nSPS) is 12.1. The molecule has 25 heavy (non-hydrogen) atoms. The molecule has 3 nitrogen and oxygen atoms in total. The quantitative estimate of drug-likeness (QED) is 0.754. The third kappa shape index (κ3) is 3.99. The molecule has 1 heterocycles. The zero-order chi connectivity index (χ0) is 17.8. The number of carbonyl (C=O) groups is 1. The molecule has 0 radical (unpaired) electrons. The van der Waals surface area contributed by atoms with Gasteiger partial charge in [0.1, 0.15) is 0 Å². The number of carbonyl (C=O) groups excluding carboxylic acids is 1. The molecule has 3 rings (SSSR count). The fourth-order valence-electron chi connectivity index (χ4n) is 2.75. The second-order valence-electron chi connectivity index (χ2n) is 6.07. The summed E-state index contributed by atoms with van der Waals surface area (Å²) < 4.78 is 26.2. The molecule has 128 valence electrons. The van der Waals surface area contributed by atoms with E-state index in [9.17, 15) is 13.6 Å². The first-order chi connectivity index (χ1) is 12.0. The predicted octanol–water partition coefficient (Wildman–Crippen LogP) is 4.26. The van der Waals surface area contributed by atoms with Crippen molar-refractivity contribution in [2.24, 2.45) is 0 Å². The van der Waals surface area contributed by atoms with Gasteiger partial charge in [-0.15, -0.1) is 0 Å². The van der Waals surface area contributed by atoms with Crippen LogP contribution in [0.25, 0.3) is 10.8 Å². The van der Waals surface area contributed by atoms with E-state index in [4.69, 9.17) is 0 Å². The highest BCUT2D eigenvalue weighted by Gasteiger charge is 2.13. The summed E-state index contributed by atoms with van der Waals surface area (Å²) in [5, 5.41) is 4.69. The van der Waals surface area contributed by atoms with E-state index >= 15 is 0 Å². The van der Waals surface area contributed by atoms with Crippen LogP contribution in [0.5, 0.6) is 0 Å². The van der Waals surface area contributed by atoms with Crippen LogP contribution in [0, 0.1) is 11.6 Å². The molecular weight excluding hydrogens is 322 g/mol. The van der Waals surface area contributed by atoms with Gasteiger partial charge in [0.15, 0.2) is 11.6 Å². The van der Waals surface area contributed by atoms with Crippen molar-refractivity contribution in [3.8, 4) is 0 Å². The molecule has 1 atom stereocenters. The second-order valence-corrected chi connectivity index (χ2v) is 6.07. The number of hydrogen-bond donors (Lipinski definition) is 1. The van der Waals surface area contributed by atoms with Crippen LogP contribution in [0.3, 0.4) is 0 Å². The summed E-state index contributed by atoms with van der Waals surface area (Å²) in [6.07, 6.45) is 4.44. The summed E-state index contributed by atoms with van der Waals surface area (Å²) in [6.45, 7) is 1.89. The monoisotopic (exact) mass is 340 g/mol. The number of aryl methyl sites for hydroxylation is 1. The number of amides is 1. The molecule has 5 heteroatoms. The maximum atomic E-state index is 13.2. The average molecular weight is 340 g/mol. The predicted molar refractivity (Wildman–Crippen MR) is 93.4 cm³/mol. The highest BCUT2D eigenvalue weighted by atomic mass is 19.2. The number of nitrogens with one attached hydrogen (secondary N) is 1. The van der Waals surface area contributed by atoms with Gasteiger partial charge in [-0.3, -0.25) is 9.78 Å². The summed E-state index contributed by atoms with van der Waals surface area (Å²) in [5.41, 5.74) is 1.23. The van der Waals surface area contributed by atoms with Crippen LogP contribution < -0.4 is 5.32 Å². The number of hydrogen-bond acceptors (Lipinski definition) is 2. The summed E-state index contributed by atoms with van der Waals surface area (Å²) in [4.78, 5) is 16.6. The second kappa shape index (κ2) is 7.38. The van der Waals surface area contributed by atoms with Gasteiger partial charge in [0, 0.05) is 23.8 Å². The Labute approximate surface area is 144 Å². The molecule has 1 N–H and O–H groups in total. The Morgan fingerprint density at radius 2 is 1.92 bits per heavy atom. The topological polar surface area (TPSA) is 42.0 Å². The Morgan fingerprint density at radius 3 is 2.72 bits per heavy atom. The van der Waals surface area contributed by atoms with Gasteiger partial charge in [0.2, 0.25) is 0 Å². The first kappa shape index (κ1) is 17.0. The minimum Gasteiger partial charge on any atom is -0.350 e. The lowest BCUT2D eigenvalue weighted by molar-refractivity contribution is 0.0940. The van der Waals surface area contributed by atoms with Crippen LogP contribution >= 0.6 is 0 Å². The van der Waals surface area contributed by atoms with Gasteiger partial charge < -0.3 is 5.32 Å². The molecule has 0 aliphatic heterocycles. The molecule has 1 amide bonds. The fraction of sp³-hybridized carbons (Fsp3) is 0.200. The molecule has 0 fully saturated rings. The van der Waals surface area contributed by atoms with E-state index in [-0.39, 0.29) is 11.9 Å². The summed E-state index contributed by atoms with van der Waals surface area (Å²) in [7, 11) is 0. The number of aromatic nitrogens is 1. The van der Waals surface area contributed by atoms with Crippen molar-refractivity contribution in [3.05, 3.63) is 77.6 Å². The molecule has 0 saturated carbocycles. The highest BCUT2D eigenvalue weighted by Crippen LogP contribution is 2.17. The van der Waals surface area contributed by atoms with Gasteiger partial charge in [0.25, 0.3) is 5.91 Å². The molecular formula is C20H18F2N2O. The number of nitrogens with zero attached hydrogens (tertiary/aromatic N) is 1. The lowest BCUT2D eigenvalue weighted by Crippen LogP contribution is -2.33. The van der Waals surface area contributed by atoms with Crippen molar-refractivity contribution in [1.29, 1.82) is 0 Å². The lowest BCUT2D eigenvalue weighted by atomic mass is 10.0. The minimum atomic E-state index is -0.853. The van der Waals surface area contributed by atoms with Gasteiger partial charge >= 0.3 is 0 Å². The number of benzene rings is 2. The SMILES string of the molecule is CC(CCc1ccc(F)c(F)c1)NC(=O)c1cncc2ccccc12. The van der Waals surface area contributed by atoms with Gasteiger partial charge in [0.05, 0.1) is 5.56 Å². The maximum absolute atomic E-state index is 13.2. The van der Waals surface area contributed by atoms with Crippen LogP contribution in [0.2, 0.25) is 0 Å². The summed E-state index contributed by atoms with van der Waals surface area (Å²) >= 11 is 0. The molecule has 0 aliphatic carbocycles. The molecule has 3 aromatic rings. The summed E-state index contributed by atoms with van der Waals surface area (Å²) in [5.74, 6) is -1.90. The average Bonchev–Trinajstić information content (AvgIpc) is 2.62. The first-order valence-corrected chi connectivity index (χ1v) is 8.12. The first-order valence-electron chi connectivity index (χ1n) is 8.12. The number of rotatable bonds is 5. The number of fused-ring (bicyclic) bond motifs is 1. The van der Waals surface area contributed by atoms with Crippen molar-refractivity contribution in [3.63, 3.8) is 0 Å². The van der Waals surface area contributed by atoms with Gasteiger partial charge in [-0.05, 0) is 42.8 Å². The van der Waals surface area contributed by atoms with E-state index in [1.54, 1.807) is 18.5 Å². The largest absolute Gasteiger partial charge is 0.350 e. The van der Waals surface area contributed by atoms with Crippen LogP contribution in [0.15, 0.2) is 54.9 Å². The van der Waals surface area contributed by atoms with Crippen molar-refractivity contribution >= 4 is 16.7 Å². The van der Waals surface area contributed by atoms with Crippen molar-refractivity contribution < 1.29 is 13.6 Å². The van der Waals surface area contributed by atoms with Crippen LogP contribution in [-0.4, -0.2) is 16.9 Å². The molecule has 0 saturated heterocycles. The fourth-order valence-corrected chi connectivity index (χ4v) is 2.75. The van der Waals surface area contributed by atoms with Crippen LogP contribution in [0.1, 0.15) is 29.3 Å². The van der Waals surface area contributed by atoms with Crippen molar-refractivity contribution in [1.82, 2.24) is 10.3 Å². The highest BCUT2D eigenvalue weighted by molar-refractivity contribution is 6.06. The maximum Gasteiger partial charge on any atom is 0.253 e. The smallest absolute Gasteiger partial charge is 0.253 e. The standard InChI is InChI=1S/C20H18F2N2O/c1-13(6-7-14-8-9-18(21)19(22)10-14)24-20(25)17-12-23-11-15-4-2-3-5-16(15)17/h2-5,8-13H,6-7H2,1H3,(H,24,25). The Bertz CT molecular complexity index is 906. The van der Waals surface area contributed by atoms with Gasteiger partial charge in [-0.1, -0.05) is 30.3 Å². The molecule has 1 aromatic heterocycles. The molecule has 0 bridgehead atoms. The Hall–Kier alpha value is -2.82. The number of halogens is 2. The van der Waals surface area contributed by atoms with E-state index < -0.39 is 11.6 Å². The Balaban J connectivity index is 1.64.